The molecule has 3 rings (SSSR count). The summed E-state index contributed by atoms with van der Waals surface area (Å²) in [7, 11) is 0. The largest absolute Gasteiger partial charge is 0.459 e. The van der Waals surface area contributed by atoms with Crippen LogP contribution in [0.4, 0.5) is 0 Å². The van der Waals surface area contributed by atoms with Crippen LogP contribution in [0.3, 0.4) is 0 Å². The van der Waals surface area contributed by atoms with Crippen molar-refractivity contribution in [2.45, 2.75) is 18.6 Å². The van der Waals surface area contributed by atoms with Crippen LogP contribution in [0.2, 0.25) is 0 Å². The smallest absolute Gasteiger partial charge is 0.338 e. The zero-order valence-electron chi connectivity index (χ0n) is 12.3. The van der Waals surface area contributed by atoms with Crippen molar-refractivity contribution in [2.75, 3.05) is 13.2 Å². The Balaban J connectivity index is 1.57. The van der Waals surface area contributed by atoms with Crippen molar-refractivity contribution in [3.05, 3.63) is 69.0 Å². The highest BCUT2D eigenvalue weighted by Gasteiger charge is 2.28. The lowest BCUT2D eigenvalue weighted by Crippen LogP contribution is -2.31. The van der Waals surface area contributed by atoms with Gasteiger partial charge in [-0.3, -0.25) is 14.3 Å². The lowest BCUT2D eigenvalue weighted by molar-refractivity contribution is 0.0157. The average molecular weight is 316 g/mol. The number of H-pyrrole nitrogens is 1. The Labute approximate surface area is 131 Å². The molecule has 2 atom stereocenters. The van der Waals surface area contributed by atoms with Crippen LogP contribution in [0.15, 0.2) is 52.2 Å². The monoisotopic (exact) mass is 316 g/mol. The fourth-order valence-electron chi connectivity index (χ4n) is 2.54. The molecule has 2 aromatic rings. The Bertz CT molecular complexity index is 796. The molecule has 0 radical (unpaired) electrons. The van der Waals surface area contributed by atoms with Crippen LogP contribution < -0.4 is 11.2 Å². The summed E-state index contributed by atoms with van der Waals surface area (Å²) in [4.78, 5) is 36.9. The Morgan fingerprint density at radius 1 is 1.26 bits per heavy atom. The van der Waals surface area contributed by atoms with Crippen molar-refractivity contribution in [2.24, 2.45) is 0 Å². The molecular formula is C16H16N2O5. The van der Waals surface area contributed by atoms with Gasteiger partial charge in [-0.15, -0.1) is 0 Å². The highest BCUT2D eigenvalue weighted by Crippen LogP contribution is 2.23. The third-order valence-corrected chi connectivity index (χ3v) is 3.71. The van der Waals surface area contributed by atoms with Crippen LogP contribution in [0.25, 0.3) is 0 Å². The summed E-state index contributed by atoms with van der Waals surface area (Å²) in [6.07, 6.45) is 1.72. The predicted octanol–water partition coefficient (Wildman–Crippen LogP) is 0.724. The maximum absolute atomic E-state index is 11.9. The number of benzene rings is 1. The van der Waals surface area contributed by atoms with E-state index in [9.17, 15) is 14.4 Å². The maximum Gasteiger partial charge on any atom is 0.338 e. The molecule has 1 aliphatic heterocycles. The van der Waals surface area contributed by atoms with Crippen LogP contribution in [-0.2, 0) is 9.47 Å². The van der Waals surface area contributed by atoms with Gasteiger partial charge in [-0.25, -0.2) is 9.59 Å². The fraction of sp³-hybridized carbons (Fsp3) is 0.312. The summed E-state index contributed by atoms with van der Waals surface area (Å²) < 4.78 is 12.2. The first-order chi connectivity index (χ1) is 11.1. The first kappa shape index (κ1) is 15.2. The summed E-state index contributed by atoms with van der Waals surface area (Å²) in [5, 5.41) is 0. The number of aromatic nitrogens is 2. The van der Waals surface area contributed by atoms with E-state index < -0.39 is 17.2 Å². The molecule has 2 heterocycles. The highest BCUT2D eigenvalue weighted by molar-refractivity contribution is 5.89. The molecule has 7 heteroatoms. The van der Waals surface area contributed by atoms with Gasteiger partial charge in [0.2, 0.25) is 0 Å². The maximum atomic E-state index is 11.9. The molecule has 7 nitrogen and oxygen atoms in total. The van der Waals surface area contributed by atoms with Gasteiger partial charge in [-0.1, -0.05) is 18.2 Å². The number of nitrogens with zero attached hydrogens (tertiary/aromatic N) is 1. The minimum Gasteiger partial charge on any atom is -0.459 e. The number of aromatic amines is 1. The number of hydrogen-bond acceptors (Lipinski definition) is 5. The van der Waals surface area contributed by atoms with Gasteiger partial charge in [0.05, 0.1) is 24.3 Å². The van der Waals surface area contributed by atoms with E-state index in [1.165, 1.54) is 16.8 Å². The second kappa shape index (κ2) is 6.62. The second-order valence-corrected chi connectivity index (χ2v) is 5.33. The minimum absolute atomic E-state index is 0.127. The molecule has 0 amide bonds. The first-order valence-corrected chi connectivity index (χ1v) is 7.29. The van der Waals surface area contributed by atoms with Gasteiger partial charge in [-0.2, -0.15) is 0 Å². The number of ether oxygens (including phenoxy) is 2. The van der Waals surface area contributed by atoms with Gasteiger partial charge in [0.15, 0.2) is 0 Å². The molecule has 120 valence electrons. The van der Waals surface area contributed by atoms with Gasteiger partial charge in [0.1, 0.15) is 6.61 Å². The van der Waals surface area contributed by atoms with Gasteiger partial charge < -0.3 is 9.47 Å². The van der Waals surface area contributed by atoms with Gasteiger partial charge in [0.25, 0.3) is 5.56 Å². The Kier molecular flexibility index (Phi) is 4.38. The van der Waals surface area contributed by atoms with Gasteiger partial charge in [0, 0.05) is 18.7 Å². The molecule has 0 aliphatic carbocycles. The Hall–Kier alpha value is -2.67. The topological polar surface area (TPSA) is 90.4 Å². The number of esters is 1. The molecule has 1 aromatic heterocycles. The first-order valence-electron chi connectivity index (χ1n) is 7.29. The predicted molar refractivity (Wildman–Crippen MR) is 81.4 cm³/mol. The zero-order valence-corrected chi connectivity index (χ0v) is 12.3. The fourth-order valence-corrected chi connectivity index (χ4v) is 2.54. The Morgan fingerprint density at radius 2 is 2.04 bits per heavy atom. The van der Waals surface area contributed by atoms with Crippen LogP contribution in [-0.4, -0.2) is 34.8 Å². The van der Waals surface area contributed by atoms with Crippen molar-refractivity contribution in [1.82, 2.24) is 9.55 Å². The number of rotatable bonds is 4. The van der Waals surface area contributed by atoms with E-state index >= 15 is 0 Å². The standard InChI is InChI=1S/C16H16N2O5/c19-14-6-7-18(16(21)17-14)12-8-13(22-9-12)10-23-15(20)11-4-2-1-3-5-11/h1-7,12-13H,8-10H2,(H,17,19,21)/t12-,13-/m0/s1. The van der Waals surface area contributed by atoms with Crippen molar-refractivity contribution in [1.29, 1.82) is 0 Å². The van der Waals surface area contributed by atoms with Crippen LogP contribution >= 0.6 is 0 Å². The molecule has 1 aliphatic rings. The lowest BCUT2D eigenvalue weighted by Gasteiger charge is -2.12. The quantitative estimate of drug-likeness (QED) is 0.840. The molecule has 1 fully saturated rings. The molecule has 0 saturated carbocycles. The van der Waals surface area contributed by atoms with E-state index in [4.69, 9.17) is 9.47 Å². The molecule has 23 heavy (non-hydrogen) atoms. The molecule has 0 spiro atoms. The molecular weight excluding hydrogens is 300 g/mol. The highest BCUT2D eigenvalue weighted by atomic mass is 16.6. The molecule has 1 saturated heterocycles. The number of carbonyl (C=O) groups excluding carboxylic acids is 1. The van der Waals surface area contributed by atoms with E-state index in [1.54, 1.807) is 24.3 Å². The summed E-state index contributed by atoms with van der Waals surface area (Å²) in [6, 6.07) is 9.83. The van der Waals surface area contributed by atoms with Crippen molar-refractivity contribution in [3.63, 3.8) is 0 Å². The van der Waals surface area contributed by atoms with E-state index in [-0.39, 0.29) is 18.8 Å². The SMILES string of the molecule is O=C(OC[C@@H]1C[C@H](n2ccc(=O)[nH]c2=O)CO1)c1ccccc1. The third kappa shape index (κ3) is 3.57. The lowest BCUT2D eigenvalue weighted by atomic mass is 10.2. The van der Waals surface area contributed by atoms with Crippen LogP contribution in [0.5, 0.6) is 0 Å². The van der Waals surface area contributed by atoms with Gasteiger partial charge in [-0.05, 0) is 12.1 Å². The normalized spacial score (nSPS) is 20.3. The van der Waals surface area contributed by atoms with Crippen LogP contribution in [0, 0.1) is 0 Å². The minimum atomic E-state index is -0.465. The zero-order chi connectivity index (χ0) is 16.2. The van der Waals surface area contributed by atoms with Crippen molar-refractivity contribution < 1.29 is 14.3 Å². The Morgan fingerprint density at radius 3 is 2.78 bits per heavy atom. The summed E-state index contributed by atoms with van der Waals surface area (Å²) in [5.41, 5.74) is -0.412. The summed E-state index contributed by atoms with van der Waals surface area (Å²) >= 11 is 0. The molecule has 1 N–H and O–H groups in total. The second-order valence-electron chi connectivity index (χ2n) is 5.33. The average Bonchev–Trinajstić information content (AvgIpc) is 3.02. The van der Waals surface area contributed by atoms with E-state index in [2.05, 4.69) is 4.98 Å². The molecule has 0 bridgehead atoms. The van der Waals surface area contributed by atoms with E-state index in [0.29, 0.717) is 18.6 Å². The number of carbonyl (C=O) groups is 1. The van der Waals surface area contributed by atoms with E-state index in [0.717, 1.165) is 0 Å². The summed E-state index contributed by atoms with van der Waals surface area (Å²) in [5.74, 6) is -0.404. The molecule has 1 aromatic carbocycles. The third-order valence-electron chi connectivity index (χ3n) is 3.71. The molecule has 0 unspecified atom stereocenters. The number of nitrogens with one attached hydrogen (secondary N) is 1. The summed E-state index contributed by atoms with van der Waals surface area (Å²) in [6.45, 7) is 0.460. The van der Waals surface area contributed by atoms with Gasteiger partial charge >= 0.3 is 11.7 Å². The van der Waals surface area contributed by atoms with Crippen LogP contribution in [0.1, 0.15) is 22.8 Å². The van der Waals surface area contributed by atoms with Crippen molar-refractivity contribution in [3.8, 4) is 0 Å². The number of hydrogen-bond donors (Lipinski definition) is 1. The van der Waals surface area contributed by atoms with E-state index in [1.807, 2.05) is 6.07 Å². The van der Waals surface area contributed by atoms with Crippen molar-refractivity contribution >= 4 is 5.97 Å².